The first-order chi connectivity index (χ1) is 8.15. The van der Waals surface area contributed by atoms with Gasteiger partial charge in [0, 0.05) is 10.5 Å². The number of rotatable bonds is 3. The monoisotopic (exact) mass is 253 g/mol. The first-order valence-electron chi connectivity index (χ1n) is 4.78. The first-order valence-corrected chi connectivity index (χ1v) is 5.66. The third kappa shape index (κ3) is 3.13. The summed E-state index contributed by atoms with van der Waals surface area (Å²) in [4.78, 5) is 8.53. The maximum absolute atomic E-state index is 12.1. The van der Waals surface area contributed by atoms with Crippen LogP contribution in [-0.4, -0.2) is 15.7 Å². The number of halogens is 2. The van der Waals surface area contributed by atoms with Gasteiger partial charge in [-0.15, -0.1) is 0 Å². The second-order valence-corrected chi connectivity index (χ2v) is 4.29. The van der Waals surface area contributed by atoms with E-state index in [2.05, 4.69) is 9.97 Å². The average molecular weight is 253 g/mol. The highest BCUT2D eigenvalue weighted by atomic mass is 32.2. The van der Waals surface area contributed by atoms with Crippen LogP contribution in [0.15, 0.2) is 41.6 Å². The molecule has 0 aliphatic carbocycles. The molecule has 2 aromatic rings. The number of thioether (sulfide) groups is 1. The van der Waals surface area contributed by atoms with Crippen LogP contribution in [-0.2, 0) is 0 Å². The lowest BCUT2D eigenvalue weighted by atomic mass is 10.2. The van der Waals surface area contributed by atoms with E-state index in [0.717, 1.165) is 5.56 Å². The van der Waals surface area contributed by atoms with Crippen molar-refractivity contribution < 1.29 is 8.78 Å². The second kappa shape index (κ2) is 5.09. The highest BCUT2D eigenvalue weighted by Gasteiger charge is 2.05. The van der Waals surface area contributed by atoms with Crippen molar-refractivity contribution in [3.63, 3.8) is 0 Å². The van der Waals surface area contributed by atoms with Crippen LogP contribution in [0.2, 0.25) is 0 Å². The number of benzene rings is 1. The Labute approximate surface area is 101 Å². The standard InChI is InChI=1S/C11H9F2N3S/c12-11(13)17-8-3-1-7(2-4-8)9-5-16-10(14)6-15-9/h1-6,11H,(H2,14,16). The van der Waals surface area contributed by atoms with E-state index in [1.807, 2.05) is 0 Å². The van der Waals surface area contributed by atoms with E-state index < -0.39 is 5.76 Å². The van der Waals surface area contributed by atoms with Gasteiger partial charge in [0.15, 0.2) is 0 Å². The Morgan fingerprint density at radius 2 is 1.76 bits per heavy atom. The first kappa shape index (κ1) is 11.8. The molecule has 6 heteroatoms. The minimum atomic E-state index is -2.41. The normalized spacial score (nSPS) is 10.8. The maximum atomic E-state index is 12.1. The van der Waals surface area contributed by atoms with Gasteiger partial charge < -0.3 is 5.73 Å². The SMILES string of the molecule is Nc1cnc(-c2ccc(SC(F)F)cc2)cn1. The van der Waals surface area contributed by atoms with E-state index >= 15 is 0 Å². The summed E-state index contributed by atoms with van der Waals surface area (Å²) in [5.74, 6) is -2.06. The highest BCUT2D eigenvalue weighted by Crippen LogP contribution is 2.27. The molecule has 0 amide bonds. The fraction of sp³-hybridized carbons (Fsp3) is 0.0909. The zero-order valence-electron chi connectivity index (χ0n) is 8.68. The summed E-state index contributed by atoms with van der Waals surface area (Å²) >= 11 is 0.515. The molecule has 0 aliphatic rings. The molecule has 0 radical (unpaired) electrons. The van der Waals surface area contributed by atoms with Crippen molar-refractivity contribution in [1.82, 2.24) is 9.97 Å². The second-order valence-electron chi connectivity index (χ2n) is 3.23. The molecule has 2 rings (SSSR count). The Kier molecular flexibility index (Phi) is 3.53. The van der Waals surface area contributed by atoms with Crippen molar-refractivity contribution in [2.24, 2.45) is 0 Å². The predicted molar refractivity (Wildman–Crippen MR) is 63.7 cm³/mol. The molecule has 0 aliphatic heterocycles. The van der Waals surface area contributed by atoms with Gasteiger partial charge in [0.05, 0.1) is 18.1 Å². The Bertz CT molecular complexity index is 485. The lowest BCUT2D eigenvalue weighted by molar-refractivity contribution is 0.252. The van der Waals surface area contributed by atoms with Gasteiger partial charge in [0.2, 0.25) is 0 Å². The molecule has 2 N–H and O–H groups in total. The maximum Gasteiger partial charge on any atom is 0.288 e. The number of nitrogens with zero attached hydrogens (tertiary/aromatic N) is 2. The van der Waals surface area contributed by atoms with Crippen LogP contribution < -0.4 is 5.73 Å². The summed E-state index contributed by atoms with van der Waals surface area (Å²) in [6.07, 6.45) is 3.00. The van der Waals surface area contributed by atoms with E-state index in [-0.39, 0.29) is 0 Å². The van der Waals surface area contributed by atoms with Gasteiger partial charge in [-0.2, -0.15) is 8.78 Å². The van der Waals surface area contributed by atoms with Crippen LogP contribution in [0.1, 0.15) is 0 Å². The molecule has 1 aromatic heterocycles. The van der Waals surface area contributed by atoms with E-state index in [1.165, 1.54) is 6.20 Å². The Morgan fingerprint density at radius 3 is 2.29 bits per heavy atom. The van der Waals surface area contributed by atoms with Gasteiger partial charge in [-0.1, -0.05) is 23.9 Å². The van der Waals surface area contributed by atoms with Gasteiger partial charge in [-0.05, 0) is 12.1 Å². The predicted octanol–water partition coefficient (Wildman–Crippen LogP) is 3.04. The molecule has 88 valence electrons. The van der Waals surface area contributed by atoms with Gasteiger partial charge in [-0.3, -0.25) is 4.98 Å². The van der Waals surface area contributed by atoms with E-state index in [9.17, 15) is 8.78 Å². The molecule has 0 saturated heterocycles. The van der Waals surface area contributed by atoms with Crippen molar-refractivity contribution in [1.29, 1.82) is 0 Å². The van der Waals surface area contributed by atoms with Crippen LogP contribution in [0, 0.1) is 0 Å². The number of hydrogen-bond acceptors (Lipinski definition) is 4. The summed E-state index contributed by atoms with van der Waals surface area (Å²) in [7, 11) is 0. The number of alkyl halides is 2. The Morgan fingerprint density at radius 1 is 1.06 bits per heavy atom. The number of anilines is 1. The summed E-state index contributed by atoms with van der Waals surface area (Å²) < 4.78 is 24.2. The van der Waals surface area contributed by atoms with Crippen LogP contribution in [0.4, 0.5) is 14.6 Å². The third-order valence-electron chi connectivity index (χ3n) is 2.05. The Hall–Kier alpha value is -1.69. The fourth-order valence-corrected chi connectivity index (χ4v) is 1.79. The van der Waals surface area contributed by atoms with Crippen LogP contribution in [0.25, 0.3) is 11.3 Å². The van der Waals surface area contributed by atoms with Crippen molar-refractivity contribution in [2.75, 3.05) is 5.73 Å². The summed E-state index contributed by atoms with van der Waals surface area (Å²) in [5.41, 5.74) is 6.90. The van der Waals surface area contributed by atoms with Gasteiger partial charge in [0.25, 0.3) is 5.76 Å². The molecule has 0 unspecified atom stereocenters. The average Bonchev–Trinajstić information content (AvgIpc) is 2.30. The third-order valence-corrected chi connectivity index (χ3v) is 2.77. The molecular formula is C11H9F2N3S. The zero-order chi connectivity index (χ0) is 12.3. The van der Waals surface area contributed by atoms with Crippen LogP contribution in [0.5, 0.6) is 0 Å². The van der Waals surface area contributed by atoms with Crippen molar-refractivity contribution in [3.8, 4) is 11.3 Å². The largest absolute Gasteiger partial charge is 0.382 e. The minimum absolute atomic E-state index is 0.346. The molecule has 0 spiro atoms. The topological polar surface area (TPSA) is 51.8 Å². The number of hydrogen-bond donors (Lipinski definition) is 1. The smallest absolute Gasteiger partial charge is 0.288 e. The lowest BCUT2D eigenvalue weighted by Crippen LogP contribution is -1.92. The van der Waals surface area contributed by atoms with E-state index in [0.29, 0.717) is 28.2 Å². The summed E-state index contributed by atoms with van der Waals surface area (Å²) in [5, 5.41) is 0. The van der Waals surface area contributed by atoms with Crippen molar-refractivity contribution in [2.45, 2.75) is 10.7 Å². The lowest BCUT2D eigenvalue weighted by Gasteiger charge is -2.03. The zero-order valence-corrected chi connectivity index (χ0v) is 9.49. The quantitative estimate of drug-likeness (QED) is 0.854. The number of nitrogens with two attached hydrogens (primary N) is 1. The van der Waals surface area contributed by atoms with E-state index in [1.54, 1.807) is 30.5 Å². The van der Waals surface area contributed by atoms with Crippen molar-refractivity contribution in [3.05, 3.63) is 36.7 Å². The highest BCUT2D eigenvalue weighted by molar-refractivity contribution is 7.99. The molecule has 0 bridgehead atoms. The van der Waals surface area contributed by atoms with Crippen LogP contribution in [0.3, 0.4) is 0 Å². The van der Waals surface area contributed by atoms with Crippen LogP contribution >= 0.6 is 11.8 Å². The molecule has 3 nitrogen and oxygen atoms in total. The molecule has 1 aromatic carbocycles. The number of nitrogen functional groups attached to an aromatic ring is 1. The molecule has 0 atom stereocenters. The summed E-state index contributed by atoms with van der Waals surface area (Å²) in [6, 6.07) is 6.71. The number of aromatic nitrogens is 2. The molecule has 0 fully saturated rings. The molecule has 0 saturated carbocycles. The Balaban J connectivity index is 2.20. The van der Waals surface area contributed by atoms with Gasteiger partial charge >= 0.3 is 0 Å². The van der Waals surface area contributed by atoms with Gasteiger partial charge in [0.1, 0.15) is 5.82 Å². The van der Waals surface area contributed by atoms with E-state index in [4.69, 9.17) is 5.73 Å². The molecule has 1 heterocycles. The molecular weight excluding hydrogens is 244 g/mol. The fourth-order valence-electron chi connectivity index (χ4n) is 1.29. The summed E-state index contributed by atoms with van der Waals surface area (Å²) in [6.45, 7) is 0. The van der Waals surface area contributed by atoms with Crippen molar-refractivity contribution >= 4 is 17.6 Å². The molecule has 17 heavy (non-hydrogen) atoms. The minimum Gasteiger partial charge on any atom is -0.382 e. The van der Waals surface area contributed by atoms with Gasteiger partial charge in [-0.25, -0.2) is 4.98 Å².